The summed E-state index contributed by atoms with van der Waals surface area (Å²) in [5, 5.41) is 0. The lowest BCUT2D eigenvalue weighted by Gasteiger charge is -2.34. The number of hydrogen-bond acceptors (Lipinski definition) is 2. The summed E-state index contributed by atoms with van der Waals surface area (Å²) in [5.74, 6) is 0. The fourth-order valence-corrected chi connectivity index (χ4v) is 3.24. The third kappa shape index (κ3) is 3.33. The van der Waals surface area contributed by atoms with Crippen molar-refractivity contribution in [2.75, 3.05) is 13.2 Å². The predicted molar refractivity (Wildman–Crippen MR) is 83.8 cm³/mol. The first-order valence-corrected chi connectivity index (χ1v) is 7.58. The van der Waals surface area contributed by atoms with E-state index >= 15 is 0 Å². The molecule has 1 aliphatic rings. The van der Waals surface area contributed by atoms with Gasteiger partial charge in [-0.3, -0.25) is 0 Å². The van der Waals surface area contributed by atoms with Crippen LogP contribution in [0.3, 0.4) is 0 Å². The van der Waals surface area contributed by atoms with E-state index in [0.717, 1.165) is 39.0 Å². The van der Waals surface area contributed by atoms with Gasteiger partial charge in [-0.15, -0.1) is 6.58 Å². The molecule has 1 unspecified atom stereocenters. The maximum Gasteiger partial charge on any atom is 0.0645 e. The fourth-order valence-electron chi connectivity index (χ4n) is 3.24. The van der Waals surface area contributed by atoms with E-state index in [4.69, 9.17) is 10.5 Å². The minimum absolute atomic E-state index is 0.176. The molecule has 0 aliphatic heterocycles. The maximum atomic E-state index is 6.34. The molecule has 2 N–H and O–H groups in total. The van der Waals surface area contributed by atoms with Gasteiger partial charge in [0.1, 0.15) is 0 Å². The summed E-state index contributed by atoms with van der Waals surface area (Å²) in [6.45, 7) is 12.9. The Morgan fingerprint density at radius 2 is 2.25 bits per heavy atom. The van der Waals surface area contributed by atoms with Crippen LogP contribution in [0.4, 0.5) is 0 Å². The first-order chi connectivity index (χ1) is 9.44. The first kappa shape index (κ1) is 15.3. The molecule has 1 atom stereocenters. The molecule has 0 fully saturated rings. The van der Waals surface area contributed by atoms with Gasteiger partial charge < -0.3 is 15.0 Å². The Bertz CT molecular complexity index is 474. The van der Waals surface area contributed by atoms with Gasteiger partial charge >= 0.3 is 0 Å². The predicted octanol–water partition coefficient (Wildman–Crippen LogP) is 3.36. The van der Waals surface area contributed by atoms with Gasteiger partial charge in [-0.25, -0.2) is 0 Å². The van der Waals surface area contributed by atoms with E-state index in [1.807, 2.05) is 6.08 Å². The molecule has 1 aromatic rings. The second kappa shape index (κ2) is 6.15. The zero-order valence-electron chi connectivity index (χ0n) is 13.1. The van der Waals surface area contributed by atoms with Crippen LogP contribution in [0.15, 0.2) is 18.7 Å². The Kier molecular flexibility index (Phi) is 4.71. The minimum Gasteiger partial charge on any atom is -0.379 e. The molecule has 2 rings (SSSR count). The molecular formula is C17H28N2O. The Balaban J connectivity index is 2.08. The van der Waals surface area contributed by atoms with Gasteiger partial charge in [0, 0.05) is 24.0 Å². The summed E-state index contributed by atoms with van der Waals surface area (Å²) in [7, 11) is 0. The quantitative estimate of drug-likeness (QED) is 0.639. The van der Waals surface area contributed by atoms with Gasteiger partial charge in [-0.05, 0) is 43.2 Å². The monoisotopic (exact) mass is 276 g/mol. The molecule has 1 aliphatic carbocycles. The van der Waals surface area contributed by atoms with Gasteiger partial charge in [-0.1, -0.05) is 19.9 Å². The van der Waals surface area contributed by atoms with Gasteiger partial charge in [0.05, 0.1) is 13.2 Å². The number of nitrogens with zero attached hydrogens (tertiary/aromatic N) is 1. The van der Waals surface area contributed by atoms with E-state index in [9.17, 15) is 0 Å². The zero-order chi connectivity index (χ0) is 14.8. The minimum atomic E-state index is 0.176. The highest BCUT2D eigenvalue weighted by atomic mass is 16.5. The molecule has 0 radical (unpaired) electrons. The van der Waals surface area contributed by atoms with Crippen molar-refractivity contribution >= 4 is 0 Å². The van der Waals surface area contributed by atoms with E-state index in [0.29, 0.717) is 5.41 Å². The lowest BCUT2D eigenvalue weighted by molar-refractivity contribution is 0.129. The van der Waals surface area contributed by atoms with Crippen LogP contribution in [0.5, 0.6) is 0 Å². The molecule has 0 spiro atoms. The van der Waals surface area contributed by atoms with Crippen molar-refractivity contribution in [2.45, 2.75) is 52.6 Å². The van der Waals surface area contributed by atoms with Crippen LogP contribution in [0.2, 0.25) is 0 Å². The van der Waals surface area contributed by atoms with Gasteiger partial charge in [0.15, 0.2) is 0 Å². The normalized spacial score (nSPS) is 20.7. The third-order valence-corrected chi connectivity index (χ3v) is 4.19. The molecule has 3 nitrogen and oxygen atoms in total. The van der Waals surface area contributed by atoms with Crippen molar-refractivity contribution in [3.8, 4) is 0 Å². The second-order valence-corrected chi connectivity index (χ2v) is 6.68. The molecule has 0 saturated heterocycles. The Hall–Kier alpha value is -1.06. The average Bonchev–Trinajstić information content (AvgIpc) is 2.65. The lowest BCUT2D eigenvalue weighted by atomic mass is 9.74. The highest BCUT2D eigenvalue weighted by Crippen LogP contribution is 2.40. The highest BCUT2D eigenvalue weighted by molar-refractivity contribution is 5.34. The highest BCUT2D eigenvalue weighted by Gasteiger charge is 2.33. The summed E-state index contributed by atoms with van der Waals surface area (Å²) in [6.07, 6.45) is 4.99. The Morgan fingerprint density at radius 3 is 2.95 bits per heavy atom. The number of aromatic nitrogens is 1. The summed E-state index contributed by atoms with van der Waals surface area (Å²) in [6, 6.07) is 2.44. The number of hydrogen-bond donors (Lipinski definition) is 1. The van der Waals surface area contributed by atoms with Gasteiger partial charge in [0.25, 0.3) is 0 Å². The Labute approximate surface area is 122 Å². The van der Waals surface area contributed by atoms with Crippen LogP contribution >= 0.6 is 0 Å². The van der Waals surface area contributed by atoms with E-state index in [1.165, 1.54) is 17.0 Å². The maximum absolute atomic E-state index is 6.34. The topological polar surface area (TPSA) is 40.2 Å². The van der Waals surface area contributed by atoms with Crippen LogP contribution < -0.4 is 5.73 Å². The number of ether oxygens (including phenoxy) is 1. The van der Waals surface area contributed by atoms with Crippen molar-refractivity contribution in [3.63, 3.8) is 0 Å². The van der Waals surface area contributed by atoms with Gasteiger partial charge in [0.2, 0.25) is 0 Å². The number of nitrogens with two attached hydrogens (primary N) is 1. The zero-order valence-corrected chi connectivity index (χ0v) is 13.1. The largest absolute Gasteiger partial charge is 0.379 e. The lowest BCUT2D eigenvalue weighted by Crippen LogP contribution is -2.30. The van der Waals surface area contributed by atoms with Crippen molar-refractivity contribution in [2.24, 2.45) is 11.1 Å². The average molecular weight is 276 g/mol. The molecule has 3 heteroatoms. The van der Waals surface area contributed by atoms with E-state index in [2.05, 4.69) is 38.0 Å². The molecule has 0 amide bonds. The van der Waals surface area contributed by atoms with Crippen LogP contribution in [0.1, 0.15) is 49.7 Å². The number of rotatable bonds is 6. The molecule has 0 aromatic carbocycles. The van der Waals surface area contributed by atoms with Crippen molar-refractivity contribution < 1.29 is 4.74 Å². The summed E-state index contributed by atoms with van der Waals surface area (Å²) in [4.78, 5) is 0. The van der Waals surface area contributed by atoms with E-state index in [-0.39, 0.29) is 6.04 Å². The van der Waals surface area contributed by atoms with Crippen molar-refractivity contribution in [1.82, 2.24) is 4.57 Å². The smallest absolute Gasteiger partial charge is 0.0645 e. The van der Waals surface area contributed by atoms with Crippen LogP contribution in [-0.4, -0.2) is 17.8 Å². The molecule has 0 bridgehead atoms. The summed E-state index contributed by atoms with van der Waals surface area (Å²) >= 11 is 0. The van der Waals surface area contributed by atoms with Gasteiger partial charge in [-0.2, -0.15) is 0 Å². The number of fused-ring (bicyclic) bond motifs is 1. The SMILES string of the molecule is C=CCCOCCn1c(C)cc2c1CC(C)(C)CC2N. The van der Waals surface area contributed by atoms with E-state index < -0.39 is 0 Å². The molecule has 0 saturated carbocycles. The summed E-state index contributed by atoms with van der Waals surface area (Å²) in [5.41, 5.74) is 10.7. The fraction of sp³-hybridized carbons (Fsp3) is 0.647. The van der Waals surface area contributed by atoms with Crippen molar-refractivity contribution in [3.05, 3.63) is 35.7 Å². The number of aryl methyl sites for hydroxylation is 1. The van der Waals surface area contributed by atoms with Crippen LogP contribution in [0.25, 0.3) is 0 Å². The van der Waals surface area contributed by atoms with Crippen LogP contribution in [0, 0.1) is 12.3 Å². The molecule has 1 heterocycles. The third-order valence-electron chi connectivity index (χ3n) is 4.19. The van der Waals surface area contributed by atoms with Crippen LogP contribution in [-0.2, 0) is 17.7 Å². The molecular weight excluding hydrogens is 248 g/mol. The molecule has 112 valence electrons. The molecule has 20 heavy (non-hydrogen) atoms. The van der Waals surface area contributed by atoms with E-state index in [1.54, 1.807) is 0 Å². The Morgan fingerprint density at radius 1 is 1.50 bits per heavy atom. The summed E-state index contributed by atoms with van der Waals surface area (Å²) < 4.78 is 8.04. The first-order valence-electron chi connectivity index (χ1n) is 7.58. The molecule has 1 aromatic heterocycles. The standard InChI is InChI=1S/C17H28N2O/c1-5-6-8-20-9-7-19-13(2)10-14-15(18)11-17(3,4)12-16(14)19/h5,10,15H,1,6-9,11-12,18H2,2-4H3. The van der Waals surface area contributed by atoms with Crippen molar-refractivity contribution in [1.29, 1.82) is 0 Å². The second-order valence-electron chi connectivity index (χ2n) is 6.68.